The second-order valence-electron chi connectivity index (χ2n) is 6.86. The first-order valence-electron chi connectivity index (χ1n) is 8.16. The molecule has 1 amide bonds. The van der Waals surface area contributed by atoms with Gasteiger partial charge in [0, 0.05) is 6.54 Å². The van der Waals surface area contributed by atoms with E-state index in [9.17, 15) is 9.90 Å². The molecule has 5 heteroatoms. The Morgan fingerprint density at radius 3 is 2.61 bits per heavy atom. The number of rotatable bonds is 3. The minimum atomic E-state index is -0.797. The van der Waals surface area contributed by atoms with E-state index in [1.807, 2.05) is 45.0 Å². The van der Waals surface area contributed by atoms with E-state index in [-0.39, 0.29) is 0 Å². The highest BCUT2D eigenvalue weighted by atomic mass is 16.6. The molecule has 2 unspecified atom stereocenters. The molecule has 0 radical (unpaired) electrons. The first-order chi connectivity index (χ1) is 10.8. The quantitative estimate of drug-likeness (QED) is 0.930. The van der Waals surface area contributed by atoms with Gasteiger partial charge in [-0.15, -0.1) is 0 Å². The van der Waals surface area contributed by atoms with E-state index in [4.69, 9.17) is 9.47 Å². The zero-order chi connectivity index (χ0) is 17.0. The van der Waals surface area contributed by atoms with Crippen LogP contribution >= 0.6 is 0 Å². The van der Waals surface area contributed by atoms with Crippen molar-refractivity contribution in [2.75, 3.05) is 19.8 Å². The van der Waals surface area contributed by atoms with E-state index in [0.717, 1.165) is 12.0 Å². The van der Waals surface area contributed by atoms with Crippen molar-refractivity contribution in [1.82, 2.24) is 4.90 Å². The van der Waals surface area contributed by atoms with Crippen molar-refractivity contribution in [3.05, 3.63) is 35.4 Å². The summed E-state index contributed by atoms with van der Waals surface area (Å²) in [6.07, 6.45) is -0.254. The van der Waals surface area contributed by atoms with Gasteiger partial charge in [-0.3, -0.25) is 4.90 Å². The summed E-state index contributed by atoms with van der Waals surface area (Å²) in [4.78, 5) is 14.0. The molecular formula is C18H27NO4. The Balaban J connectivity index is 2.14. The summed E-state index contributed by atoms with van der Waals surface area (Å²) in [5, 5.41) is 10.7. The third kappa shape index (κ3) is 4.69. The lowest BCUT2D eigenvalue weighted by Crippen LogP contribution is -2.52. The number of aryl methyl sites for hydroxylation is 1. The number of benzene rings is 1. The molecule has 1 aromatic carbocycles. The van der Waals surface area contributed by atoms with Crippen LogP contribution in [0.1, 0.15) is 44.9 Å². The number of hydrogen-bond donors (Lipinski definition) is 1. The molecule has 23 heavy (non-hydrogen) atoms. The Kier molecular flexibility index (Phi) is 5.65. The normalized spacial score (nSPS) is 20.2. The number of nitrogens with zero attached hydrogens (tertiary/aromatic N) is 1. The standard InChI is InChI=1S/C18H27NO4/c1-5-13-6-8-14(9-7-13)16(20)15-12-22-11-10-19(15)17(21)23-18(2,3)4/h6-9,15-16,20H,5,10-12H2,1-4H3. The van der Waals surface area contributed by atoms with Crippen molar-refractivity contribution in [2.45, 2.75) is 51.9 Å². The predicted molar refractivity (Wildman–Crippen MR) is 88.3 cm³/mol. The van der Waals surface area contributed by atoms with E-state index in [0.29, 0.717) is 19.8 Å². The molecule has 1 aliphatic rings. The van der Waals surface area contributed by atoms with E-state index < -0.39 is 23.8 Å². The molecule has 0 spiro atoms. The molecule has 1 N–H and O–H groups in total. The number of aliphatic hydroxyl groups excluding tert-OH is 1. The Bertz CT molecular complexity index is 521. The number of carbonyl (C=O) groups excluding carboxylic acids is 1. The van der Waals surface area contributed by atoms with Gasteiger partial charge in [-0.2, -0.15) is 0 Å². The van der Waals surface area contributed by atoms with Gasteiger partial charge in [-0.25, -0.2) is 4.79 Å². The van der Waals surface area contributed by atoms with Gasteiger partial charge >= 0.3 is 6.09 Å². The fourth-order valence-corrected chi connectivity index (χ4v) is 2.60. The van der Waals surface area contributed by atoms with Crippen LogP contribution < -0.4 is 0 Å². The zero-order valence-electron chi connectivity index (χ0n) is 14.4. The second kappa shape index (κ2) is 7.32. The molecule has 5 nitrogen and oxygen atoms in total. The van der Waals surface area contributed by atoms with Gasteiger partial charge in [0.1, 0.15) is 11.7 Å². The molecule has 0 aromatic heterocycles. The van der Waals surface area contributed by atoms with Gasteiger partial charge in [0.25, 0.3) is 0 Å². The van der Waals surface area contributed by atoms with E-state index in [1.165, 1.54) is 5.56 Å². The summed E-state index contributed by atoms with van der Waals surface area (Å²) in [6, 6.07) is 7.38. The third-order valence-corrected chi connectivity index (χ3v) is 3.89. The molecule has 1 aliphatic heterocycles. The lowest BCUT2D eigenvalue weighted by Gasteiger charge is -2.38. The summed E-state index contributed by atoms with van der Waals surface area (Å²) in [5.74, 6) is 0. The summed E-state index contributed by atoms with van der Waals surface area (Å²) in [7, 11) is 0. The van der Waals surface area contributed by atoms with Crippen LogP contribution in [0.4, 0.5) is 4.79 Å². The lowest BCUT2D eigenvalue weighted by atomic mass is 9.99. The van der Waals surface area contributed by atoms with Crippen LogP contribution in [-0.2, 0) is 15.9 Å². The number of carbonyl (C=O) groups is 1. The van der Waals surface area contributed by atoms with Crippen LogP contribution in [0.25, 0.3) is 0 Å². The topological polar surface area (TPSA) is 59.0 Å². The first-order valence-corrected chi connectivity index (χ1v) is 8.16. The largest absolute Gasteiger partial charge is 0.444 e. The van der Waals surface area contributed by atoms with Crippen molar-refractivity contribution >= 4 is 6.09 Å². The number of amides is 1. The van der Waals surface area contributed by atoms with Crippen LogP contribution in [-0.4, -0.2) is 47.5 Å². The van der Waals surface area contributed by atoms with Crippen LogP contribution in [0.5, 0.6) is 0 Å². The maximum Gasteiger partial charge on any atom is 0.410 e. The molecule has 2 atom stereocenters. The van der Waals surface area contributed by atoms with Crippen molar-refractivity contribution in [3.8, 4) is 0 Å². The van der Waals surface area contributed by atoms with E-state index >= 15 is 0 Å². The van der Waals surface area contributed by atoms with Crippen molar-refractivity contribution in [1.29, 1.82) is 0 Å². The monoisotopic (exact) mass is 321 g/mol. The third-order valence-electron chi connectivity index (χ3n) is 3.89. The average molecular weight is 321 g/mol. The molecule has 128 valence electrons. The molecular weight excluding hydrogens is 294 g/mol. The maximum absolute atomic E-state index is 12.4. The maximum atomic E-state index is 12.4. The van der Waals surface area contributed by atoms with Gasteiger partial charge in [-0.05, 0) is 38.3 Å². The summed E-state index contributed by atoms with van der Waals surface area (Å²) < 4.78 is 10.9. The smallest absolute Gasteiger partial charge is 0.410 e. The molecule has 1 saturated heterocycles. The Hall–Kier alpha value is -1.59. The summed E-state index contributed by atoms with van der Waals surface area (Å²) in [5.41, 5.74) is 1.43. The Morgan fingerprint density at radius 2 is 2.04 bits per heavy atom. The molecule has 0 saturated carbocycles. The predicted octanol–water partition coefficient (Wildman–Crippen LogP) is 2.92. The molecule has 1 aromatic rings. The average Bonchev–Trinajstić information content (AvgIpc) is 2.52. The number of ether oxygens (including phenoxy) is 2. The first kappa shape index (κ1) is 17.8. The summed E-state index contributed by atoms with van der Waals surface area (Å²) in [6.45, 7) is 8.77. The van der Waals surface area contributed by atoms with Crippen LogP contribution in [0.3, 0.4) is 0 Å². The zero-order valence-corrected chi connectivity index (χ0v) is 14.4. The van der Waals surface area contributed by atoms with E-state index in [1.54, 1.807) is 4.90 Å². The highest BCUT2D eigenvalue weighted by Gasteiger charge is 2.35. The second-order valence-corrected chi connectivity index (χ2v) is 6.86. The minimum absolute atomic E-state index is 0.302. The van der Waals surface area contributed by atoms with Gasteiger partial charge in [-0.1, -0.05) is 31.2 Å². The van der Waals surface area contributed by atoms with Gasteiger partial charge in [0.2, 0.25) is 0 Å². The number of hydrogen-bond acceptors (Lipinski definition) is 4. The summed E-state index contributed by atoms with van der Waals surface area (Å²) >= 11 is 0. The fourth-order valence-electron chi connectivity index (χ4n) is 2.60. The number of morpholine rings is 1. The highest BCUT2D eigenvalue weighted by molar-refractivity contribution is 5.69. The van der Waals surface area contributed by atoms with Crippen molar-refractivity contribution in [3.63, 3.8) is 0 Å². The van der Waals surface area contributed by atoms with Gasteiger partial charge in [0.05, 0.1) is 19.3 Å². The SMILES string of the molecule is CCc1ccc(C(O)C2COCCN2C(=O)OC(C)(C)C)cc1. The lowest BCUT2D eigenvalue weighted by molar-refractivity contribution is -0.0672. The fraction of sp³-hybridized carbons (Fsp3) is 0.611. The minimum Gasteiger partial charge on any atom is -0.444 e. The van der Waals surface area contributed by atoms with Crippen molar-refractivity contribution < 1.29 is 19.4 Å². The van der Waals surface area contributed by atoms with Gasteiger partial charge < -0.3 is 14.6 Å². The molecule has 0 aliphatic carbocycles. The van der Waals surface area contributed by atoms with Crippen LogP contribution in [0, 0.1) is 0 Å². The highest BCUT2D eigenvalue weighted by Crippen LogP contribution is 2.25. The Morgan fingerprint density at radius 1 is 1.39 bits per heavy atom. The van der Waals surface area contributed by atoms with Crippen molar-refractivity contribution in [2.24, 2.45) is 0 Å². The molecule has 0 bridgehead atoms. The van der Waals surface area contributed by atoms with Crippen LogP contribution in [0.15, 0.2) is 24.3 Å². The van der Waals surface area contributed by atoms with Gasteiger partial charge in [0.15, 0.2) is 0 Å². The Labute approximate surface area is 138 Å². The number of aliphatic hydroxyl groups is 1. The van der Waals surface area contributed by atoms with E-state index in [2.05, 4.69) is 6.92 Å². The van der Waals surface area contributed by atoms with Crippen LogP contribution in [0.2, 0.25) is 0 Å². The molecule has 1 heterocycles. The molecule has 1 fully saturated rings. The molecule has 2 rings (SSSR count).